The van der Waals surface area contributed by atoms with E-state index in [1.165, 1.54) is 5.39 Å². The highest BCUT2D eigenvalue weighted by atomic mass is 16.5. The van der Waals surface area contributed by atoms with Crippen molar-refractivity contribution in [2.75, 3.05) is 13.2 Å². The third-order valence-corrected chi connectivity index (χ3v) is 4.23. The van der Waals surface area contributed by atoms with E-state index >= 15 is 0 Å². The highest BCUT2D eigenvalue weighted by molar-refractivity contribution is 6.07. The van der Waals surface area contributed by atoms with Gasteiger partial charge in [-0.25, -0.2) is 0 Å². The van der Waals surface area contributed by atoms with Gasteiger partial charge in [-0.2, -0.15) is 0 Å². The molecule has 4 rings (SSSR count). The molecule has 0 aromatic heterocycles. The van der Waals surface area contributed by atoms with E-state index in [-0.39, 0.29) is 5.78 Å². The molecule has 1 heterocycles. The number of rotatable bonds is 3. The number of hydrogen-bond acceptors (Lipinski definition) is 3. The minimum absolute atomic E-state index is 0.0520. The molecule has 3 aromatic carbocycles. The molecule has 0 radical (unpaired) electrons. The minimum Gasteiger partial charge on any atom is -0.490 e. The number of benzene rings is 3. The smallest absolute Gasteiger partial charge is 0.185 e. The SMILES string of the molecule is O=C(/C=C/c1ccc2ccccc2c1)c1ccc2c(c1)OCCCO2. The first-order valence-electron chi connectivity index (χ1n) is 8.40. The van der Waals surface area contributed by atoms with E-state index in [1.54, 1.807) is 24.3 Å². The van der Waals surface area contributed by atoms with Crippen LogP contribution in [0, 0.1) is 0 Å². The molecule has 0 amide bonds. The van der Waals surface area contributed by atoms with Crippen LogP contribution in [-0.4, -0.2) is 19.0 Å². The molecule has 124 valence electrons. The molecule has 25 heavy (non-hydrogen) atoms. The van der Waals surface area contributed by atoms with Gasteiger partial charge in [0.25, 0.3) is 0 Å². The molecule has 0 saturated carbocycles. The standard InChI is InChI=1S/C22H18O3/c23-20(19-9-11-21-22(15-19)25-13-3-12-24-21)10-7-16-6-8-17-4-1-2-5-18(17)14-16/h1-2,4-11,14-15H,3,12-13H2/b10-7+. The zero-order valence-corrected chi connectivity index (χ0v) is 13.8. The first kappa shape index (κ1) is 15.5. The highest BCUT2D eigenvalue weighted by Crippen LogP contribution is 2.30. The molecule has 0 spiro atoms. The third kappa shape index (κ3) is 3.41. The van der Waals surface area contributed by atoms with Crippen molar-refractivity contribution in [3.8, 4) is 11.5 Å². The zero-order valence-electron chi connectivity index (χ0n) is 13.8. The molecule has 3 aromatic rings. The van der Waals surface area contributed by atoms with Crippen LogP contribution in [0.5, 0.6) is 11.5 Å². The highest BCUT2D eigenvalue weighted by Gasteiger charge is 2.12. The first-order chi connectivity index (χ1) is 12.3. The molecule has 0 N–H and O–H groups in total. The molecule has 0 fully saturated rings. The number of ketones is 1. The van der Waals surface area contributed by atoms with Gasteiger partial charge in [-0.05, 0) is 46.7 Å². The van der Waals surface area contributed by atoms with Gasteiger partial charge in [0.15, 0.2) is 17.3 Å². The van der Waals surface area contributed by atoms with E-state index < -0.39 is 0 Å². The van der Waals surface area contributed by atoms with Crippen LogP contribution in [0.25, 0.3) is 16.8 Å². The summed E-state index contributed by atoms with van der Waals surface area (Å²) in [6, 6.07) is 19.7. The van der Waals surface area contributed by atoms with Crippen LogP contribution in [0.3, 0.4) is 0 Å². The van der Waals surface area contributed by atoms with Crippen LogP contribution in [0.2, 0.25) is 0 Å². The molecular formula is C22H18O3. The molecule has 0 saturated heterocycles. The Kier molecular flexibility index (Phi) is 4.21. The average molecular weight is 330 g/mol. The van der Waals surface area contributed by atoms with Crippen molar-refractivity contribution < 1.29 is 14.3 Å². The first-order valence-corrected chi connectivity index (χ1v) is 8.40. The summed E-state index contributed by atoms with van der Waals surface area (Å²) in [5.41, 5.74) is 1.60. The molecular weight excluding hydrogens is 312 g/mol. The van der Waals surface area contributed by atoms with Crippen molar-refractivity contribution in [2.24, 2.45) is 0 Å². The summed E-state index contributed by atoms with van der Waals surface area (Å²) in [6.45, 7) is 1.25. The Morgan fingerprint density at radius 2 is 1.64 bits per heavy atom. The van der Waals surface area contributed by atoms with Crippen molar-refractivity contribution in [3.63, 3.8) is 0 Å². The zero-order chi connectivity index (χ0) is 17.1. The van der Waals surface area contributed by atoms with E-state index in [0.29, 0.717) is 30.3 Å². The second-order valence-electron chi connectivity index (χ2n) is 6.02. The van der Waals surface area contributed by atoms with Gasteiger partial charge in [0.05, 0.1) is 13.2 Å². The molecule has 0 bridgehead atoms. The predicted octanol–water partition coefficient (Wildman–Crippen LogP) is 4.90. The van der Waals surface area contributed by atoms with E-state index in [9.17, 15) is 4.79 Å². The predicted molar refractivity (Wildman–Crippen MR) is 99.4 cm³/mol. The molecule has 0 unspecified atom stereocenters. The van der Waals surface area contributed by atoms with Crippen LogP contribution in [0.4, 0.5) is 0 Å². The fourth-order valence-electron chi connectivity index (χ4n) is 2.90. The Hall–Kier alpha value is -3.07. The summed E-state index contributed by atoms with van der Waals surface area (Å²) in [6.07, 6.45) is 4.29. The van der Waals surface area contributed by atoms with Gasteiger partial charge in [0, 0.05) is 12.0 Å². The minimum atomic E-state index is -0.0520. The van der Waals surface area contributed by atoms with Crippen LogP contribution in [0.1, 0.15) is 22.3 Å². The van der Waals surface area contributed by atoms with Crippen LogP contribution in [-0.2, 0) is 0 Å². The van der Waals surface area contributed by atoms with Crippen LogP contribution >= 0.6 is 0 Å². The maximum absolute atomic E-state index is 12.5. The summed E-state index contributed by atoms with van der Waals surface area (Å²) in [7, 11) is 0. The lowest BCUT2D eigenvalue weighted by molar-refractivity contribution is 0.104. The molecule has 3 heteroatoms. The van der Waals surface area contributed by atoms with E-state index in [2.05, 4.69) is 24.3 Å². The summed E-state index contributed by atoms with van der Waals surface area (Å²) in [4.78, 5) is 12.5. The van der Waals surface area contributed by atoms with E-state index in [0.717, 1.165) is 17.4 Å². The summed E-state index contributed by atoms with van der Waals surface area (Å²) < 4.78 is 11.2. The second kappa shape index (κ2) is 6.81. The molecule has 1 aliphatic rings. The maximum atomic E-state index is 12.5. The van der Waals surface area contributed by atoms with Gasteiger partial charge in [-0.1, -0.05) is 42.5 Å². The largest absolute Gasteiger partial charge is 0.490 e. The Balaban J connectivity index is 1.56. The number of hydrogen-bond donors (Lipinski definition) is 0. The third-order valence-electron chi connectivity index (χ3n) is 4.23. The summed E-state index contributed by atoms with van der Waals surface area (Å²) >= 11 is 0. The molecule has 1 aliphatic heterocycles. The van der Waals surface area contributed by atoms with E-state index in [4.69, 9.17) is 9.47 Å². The van der Waals surface area contributed by atoms with Crippen molar-refractivity contribution in [1.29, 1.82) is 0 Å². The van der Waals surface area contributed by atoms with Gasteiger partial charge >= 0.3 is 0 Å². The maximum Gasteiger partial charge on any atom is 0.185 e. The lowest BCUT2D eigenvalue weighted by Gasteiger charge is -2.07. The molecule has 0 atom stereocenters. The Morgan fingerprint density at radius 3 is 2.52 bits per heavy atom. The average Bonchev–Trinajstić information content (AvgIpc) is 2.90. The monoisotopic (exact) mass is 330 g/mol. The topological polar surface area (TPSA) is 35.5 Å². The number of fused-ring (bicyclic) bond motifs is 2. The van der Waals surface area contributed by atoms with Gasteiger partial charge in [-0.15, -0.1) is 0 Å². The molecule has 3 nitrogen and oxygen atoms in total. The van der Waals surface area contributed by atoms with Crippen molar-refractivity contribution >= 4 is 22.6 Å². The van der Waals surface area contributed by atoms with Crippen molar-refractivity contribution in [3.05, 3.63) is 77.9 Å². The Morgan fingerprint density at radius 1 is 0.840 bits per heavy atom. The Labute approximate surface area is 146 Å². The van der Waals surface area contributed by atoms with Gasteiger partial charge < -0.3 is 9.47 Å². The quantitative estimate of drug-likeness (QED) is 0.506. The van der Waals surface area contributed by atoms with Gasteiger partial charge in [0.1, 0.15) is 0 Å². The lowest BCUT2D eigenvalue weighted by Crippen LogP contribution is -1.98. The van der Waals surface area contributed by atoms with Crippen molar-refractivity contribution in [2.45, 2.75) is 6.42 Å². The number of allylic oxidation sites excluding steroid dienone is 1. The summed E-state index contributed by atoms with van der Waals surface area (Å²) in [5.74, 6) is 1.29. The van der Waals surface area contributed by atoms with Gasteiger partial charge in [0.2, 0.25) is 0 Å². The summed E-state index contributed by atoms with van der Waals surface area (Å²) in [5, 5.41) is 2.35. The van der Waals surface area contributed by atoms with Crippen LogP contribution < -0.4 is 9.47 Å². The number of carbonyl (C=O) groups is 1. The normalized spacial score (nSPS) is 13.8. The van der Waals surface area contributed by atoms with Gasteiger partial charge in [-0.3, -0.25) is 4.79 Å². The Bertz CT molecular complexity index is 956. The van der Waals surface area contributed by atoms with Crippen LogP contribution in [0.15, 0.2) is 66.7 Å². The lowest BCUT2D eigenvalue weighted by atomic mass is 10.1. The second-order valence-corrected chi connectivity index (χ2v) is 6.02. The van der Waals surface area contributed by atoms with E-state index in [1.807, 2.05) is 24.3 Å². The number of carbonyl (C=O) groups excluding carboxylic acids is 1. The number of ether oxygens (including phenoxy) is 2. The fourth-order valence-corrected chi connectivity index (χ4v) is 2.90. The molecule has 0 aliphatic carbocycles. The van der Waals surface area contributed by atoms with Crippen molar-refractivity contribution in [1.82, 2.24) is 0 Å². The fraction of sp³-hybridized carbons (Fsp3) is 0.136.